The van der Waals surface area contributed by atoms with E-state index in [-0.39, 0.29) is 0 Å². The Balaban J connectivity index is 1.39. The van der Waals surface area contributed by atoms with Crippen LogP contribution in [-0.4, -0.2) is 413 Å². The zero-order valence-corrected chi connectivity index (χ0v) is 52.5. The molecule has 0 radical (unpaired) electrons. The molecule has 0 aliphatic carbocycles. The Hall–Kier alpha value is -4.01. The van der Waals surface area contributed by atoms with Gasteiger partial charge < -0.3 is 195 Å². The van der Waals surface area contributed by atoms with E-state index in [1.165, 1.54) is 0 Å². The Kier molecular flexibility index (Phi) is 28.3. The van der Waals surface area contributed by atoms with Crippen LogP contribution in [-0.2, 0) is 85.6 Å². The Morgan fingerprint density at radius 3 is 1.34 bits per heavy atom. The van der Waals surface area contributed by atoms with E-state index in [0.717, 1.165) is 27.7 Å². The van der Waals surface area contributed by atoms with Gasteiger partial charge in [0, 0.05) is 33.6 Å². The van der Waals surface area contributed by atoms with Crippen molar-refractivity contribution in [3.63, 3.8) is 0 Å². The van der Waals surface area contributed by atoms with Gasteiger partial charge in [-0.3, -0.25) is 14.4 Å². The third kappa shape index (κ3) is 17.4. The molecule has 98 heavy (non-hydrogen) atoms. The minimum Gasteiger partial charge on any atom is -0.477 e. The van der Waals surface area contributed by atoms with Crippen LogP contribution in [0.2, 0.25) is 0 Å². The van der Waals surface area contributed by atoms with E-state index in [0.29, 0.717) is 0 Å². The quantitative estimate of drug-likeness (QED) is 0.0363. The summed E-state index contributed by atoms with van der Waals surface area (Å²) in [6, 6.07) is -5.90. The molecule has 0 spiro atoms. The van der Waals surface area contributed by atoms with Crippen molar-refractivity contribution in [1.82, 2.24) is 16.0 Å². The van der Waals surface area contributed by atoms with Crippen molar-refractivity contribution in [2.24, 2.45) is 0 Å². The summed E-state index contributed by atoms with van der Waals surface area (Å²) in [5.41, 5.74) is 0. The fourth-order valence-corrected chi connectivity index (χ4v) is 12.4. The standard InChI is InChI=1S/C54H89N3O41/c1-13-28(70)33(75)36(78)48(87-13)93-40-24(12-86-53(51(82)83)5-17(66)25(55-14(2)63)41(96-53)29(71)19(68)7-58)91-47(95-44-31(73)21(9-60)89-49(37(44)79)92-39-23(11-62)88-46(81)35(77)34(39)76)27(57-16(4)65)43(40)94-50-38(80)45(32(74)22(10-61)90-50)98-54(52(84)85)6-18(67)26(56-15(3)64)42(97-54)30(72)20(69)8-59/h13,17-50,58-62,66-81H,5-12H2,1-4H3,(H,55,63)(H,56,64)(H,57,65)(H,82,83)(H,84,85)/t13-,17-,18-,19+,20+,21+,22+,23+,24+,25+,26+,27+,28+,29+,30+,31-,32-,33+,34+,35+,36-,37+,38+,39+,40+,41+,42+,43+,44-,45-,46+,47-,48-,49-,50-,53+,54+/m0/s1. The monoisotopic (exact) mass is 1440 g/mol. The van der Waals surface area contributed by atoms with Crippen LogP contribution in [0.4, 0.5) is 0 Å². The van der Waals surface area contributed by atoms with Gasteiger partial charge in [0.25, 0.3) is 11.6 Å². The maximum absolute atomic E-state index is 13.7. The molecule has 37 atom stereocenters. The third-order valence-electron chi connectivity index (χ3n) is 17.7. The molecular weight excluding hydrogens is 1350 g/mol. The lowest BCUT2D eigenvalue weighted by atomic mass is 9.88. The van der Waals surface area contributed by atoms with Crippen molar-refractivity contribution in [3.05, 3.63) is 0 Å². The number of carbonyl (C=O) groups is 5. The van der Waals surface area contributed by atoms with Gasteiger partial charge in [0.1, 0.15) is 153 Å². The minimum absolute atomic E-state index is 0.824. The number of carboxylic acids is 2. The van der Waals surface area contributed by atoms with Crippen LogP contribution in [0, 0.1) is 0 Å². The van der Waals surface area contributed by atoms with E-state index in [1.807, 2.05) is 0 Å². The van der Waals surface area contributed by atoms with Gasteiger partial charge >= 0.3 is 11.9 Å². The van der Waals surface area contributed by atoms with Gasteiger partial charge in [0.2, 0.25) is 17.7 Å². The lowest BCUT2D eigenvalue weighted by Crippen LogP contribution is -2.72. The van der Waals surface area contributed by atoms with Crippen molar-refractivity contribution in [2.45, 2.75) is 266 Å². The van der Waals surface area contributed by atoms with E-state index in [4.69, 9.17) is 61.6 Å². The molecule has 44 heteroatoms. The summed E-state index contributed by atoms with van der Waals surface area (Å²) < 4.78 is 76.8. The molecular formula is C54H89N3O41. The van der Waals surface area contributed by atoms with Gasteiger partial charge in [0.15, 0.2) is 31.5 Å². The number of carbonyl (C=O) groups excluding carboxylic acids is 3. The minimum atomic E-state index is -3.42. The largest absolute Gasteiger partial charge is 0.477 e. The van der Waals surface area contributed by atoms with Crippen LogP contribution in [0.25, 0.3) is 0 Å². The van der Waals surface area contributed by atoms with Crippen molar-refractivity contribution in [1.29, 1.82) is 0 Å². The number of hydrogen-bond acceptors (Lipinski definition) is 39. The van der Waals surface area contributed by atoms with Gasteiger partial charge in [-0.25, -0.2) is 9.59 Å². The van der Waals surface area contributed by atoms with Gasteiger partial charge in [-0.15, -0.1) is 0 Å². The number of ether oxygens (including phenoxy) is 13. The summed E-state index contributed by atoms with van der Waals surface area (Å²) in [6.07, 6.45) is -74.5. The van der Waals surface area contributed by atoms with Crippen molar-refractivity contribution in [2.75, 3.05) is 39.6 Å². The average molecular weight is 1440 g/mol. The molecule has 26 N–H and O–H groups in total. The zero-order chi connectivity index (χ0) is 73.1. The molecule has 0 aromatic carbocycles. The number of hydrogen-bond donors (Lipinski definition) is 26. The first-order valence-corrected chi connectivity index (χ1v) is 30.7. The van der Waals surface area contributed by atoms with E-state index in [1.54, 1.807) is 0 Å². The molecule has 0 unspecified atom stereocenters. The van der Waals surface area contributed by atoms with Gasteiger partial charge in [-0.1, -0.05) is 0 Å². The number of aliphatic hydroxyl groups is 21. The molecule has 3 amide bonds. The maximum atomic E-state index is 13.7. The number of aliphatic carboxylic acids is 2. The predicted octanol–water partition coefficient (Wildman–Crippen LogP) is -16.4. The molecule has 0 aromatic heterocycles. The van der Waals surface area contributed by atoms with E-state index < -0.39 is 308 Å². The van der Waals surface area contributed by atoms with Crippen molar-refractivity contribution < 1.29 is 203 Å². The van der Waals surface area contributed by atoms with Crippen LogP contribution in [0.1, 0.15) is 40.5 Å². The lowest BCUT2D eigenvalue weighted by molar-refractivity contribution is -0.402. The van der Waals surface area contributed by atoms with Crippen LogP contribution in [0.3, 0.4) is 0 Å². The second-order valence-corrected chi connectivity index (χ2v) is 24.6. The van der Waals surface area contributed by atoms with Crippen LogP contribution in [0.15, 0.2) is 0 Å². The normalized spacial score (nSPS) is 46.0. The van der Waals surface area contributed by atoms with Crippen molar-refractivity contribution in [3.8, 4) is 0 Å². The highest BCUT2D eigenvalue weighted by Crippen LogP contribution is 2.42. The molecule has 566 valence electrons. The lowest BCUT2D eigenvalue weighted by Gasteiger charge is -2.53. The number of nitrogens with one attached hydrogen (secondary N) is 3. The van der Waals surface area contributed by atoms with Gasteiger partial charge in [-0.05, 0) is 6.92 Å². The number of rotatable bonds is 27. The molecule has 7 fully saturated rings. The smallest absolute Gasteiger partial charge is 0.364 e. The van der Waals surface area contributed by atoms with Gasteiger partial charge in [-0.2, -0.15) is 0 Å². The van der Waals surface area contributed by atoms with Crippen LogP contribution in [0.5, 0.6) is 0 Å². The summed E-state index contributed by atoms with van der Waals surface area (Å²) in [6.45, 7) is -3.69. The van der Waals surface area contributed by atoms with Crippen LogP contribution >= 0.6 is 0 Å². The summed E-state index contributed by atoms with van der Waals surface area (Å²) in [5, 5.41) is 259. The molecule has 0 aromatic rings. The molecule has 7 saturated heterocycles. The molecule has 0 saturated carbocycles. The predicted molar refractivity (Wildman–Crippen MR) is 300 cm³/mol. The van der Waals surface area contributed by atoms with Crippen molar-refractivity contribution >= 4 is 29.7 Å². The second kappa shape index (κ2) is 34.1. The first-order valence-electron chi connectivity index (χ1n) is 30.7. The molecule has 44 nitrogen and oxygen atoms in total. The Labute approximate surface area is 553 Å². The zero-order valence-electron chi connectivity index (χ0n) is 52.5. The third-order valence-corrected chi connectivity index (χ3v) is 17.7. The first kappa shape index (κ1) is 81.3. The number of aliphatic hydroxyl groups excluding tert-OH is 21. The maximum Gasteiger partial charge on any atom is 0.364 e. The number of amides is 3. The molecule has 7 aliphatic heterocycles. The molecule has 7 aliphatic rings. The summed E-state index contributed by atoms with van der Waals surface area (Å²) in [4.78, 5) is 65.5. The van der Waals surface area contributed by atoms with E-state index >= 15 is 0 Å². The Bertz CT molecular complexity index is 2630. The SMILES string of the molecule is CC(=O)N[C@H]1[C@H](O[C@H]2[C@@H](O)[C@@H](CO)O[C@@H](O[C@H]3[C@H](O)[C@@H](O)[C@H](O)O[C@@H]3CO)[C@@H]2O)O[C@H](CO[C@]2(C(=O)O)C[C@H](O)[C@@H](NC(C)=O)[C@H]([C@H](O)[C@H](O)CO)O2)[C@@H](O[C@@H]2O[C@@H](C)[C@@H](O)[C@@H](O)[C@@H]2O)[C@@H]1O[C@@H]1O[C@H](CO)[C@H](O)[C@H](O[C@@]2(C(=O)O)C[C@H](O)[C@@H](NC(C)=O)[C@H]([C@H](O)[C@H](O)CO)O2)[C@H]1O. The van der Waals surface area contributed by atoms with Crippen LogP contribution < -0.4 is 16.0 Å². The fraction of sp³-hybridized carbons (Fsp3) is 0.907. The molecule has 7 rings (SSSR count). The summed E-state index contributed by atoms with van der Waals surface area (Å²) in [5.74, 6) is -14.1. The highest BCUT2D eigenvalue weighted by atomic mass is 16.8. The summed E-state index contributed by atoms with van der Waals surface area (Å²) >= 11 is 0. The molecule has 7 heterocycles. The second-order valence-electron chi connectivity index (χ2n) is 24.6. The average Bonchev–Trinajstić information content (AvgIpc) is 0.750. The molecule has 0 bridgehead atoms. The highest BCUT2D eigenvalue weighted by Gasteiger charge is 2.64. The Morgan fingerprint density at radius 2 is 0.857 bits per heavy atom. The van der Waals surface area contributed by atoms with Gasteiger partial charge in [0.05, 0.1) is 70.0 Å². The Morgan fingerprint density at radius 1 is 0.439 bits per heavy atom. The van der Waals surface area contributed by atoms with E-state index in [9.17, 15) is 141 Å². The topological polar surface area (TPSA) is 707 Å². The highest BCUT2D eigenvalue weighted by molar-refractivity contribution is 5.77. The fourth-order valence-electron chi connectivity index (χ4n) is 12.4. The number of carboxylic acid groups (broad SMARTS) is 2. The summed E-state index contributed by atoms with van der Waals surface area (Å²) in [7, 11) is 0. The van der Waals surface area contributed by atoms with E-state index in [2.05, 4.69) is 16.0 Å². The first-order chi connectivity index (χ1) is 45.9.